The molecular formula is C29H34N4O3. The molecule has 36 heavy (non-hydrogen) atoms. The molecule has 6 rings (SSSR count). The second-order valence-corrected chi connectivity index (χ2v) is 11.0. The topological polar surface area (TPSA) is 73.0 Å². The van der Waals surface area contributed by atoms with Crippen molar-refractivity contribution < 1.29 is 14.4 Å². The van der Waals surface area contributed by atoms with Crippen LogP contribution in [0, 0.1) is 5.41 Å². The Kier molecular flexibility index (Phi) is 6.04. The summed E-state index contributed by atoms with van der Waals surface area (Å²) in [6.07, 6.45) is 5.48. The number of carbonyl (C=O) groups is 3. The summed E-state index contributed by atoms with van der Waals surface area (Å²) in [7, 11) is 0. The molecule has 3 amide bonds. The summed E-state index contributed by atoms with van der Waals surface area (Å²) in [5, 5.41) is 2.39. The van der Waals surface area contributed by atoms with E-state index >= 15 is 0 Å². The van der Waals surface area contributed by atoms with Gasteiger partial charge in [0, 0.05) is 48.3 Å². The SMILES string of the molecule is O=C1CCC(N2Cc3c(cccc3N3CC4(CCN(CCCc5ccccc5)CC4)C3)C2=O)C(=O)N1. The number of benzene rings is 2. The first-order valence-corrected chi connectivity index (χ1v) is 13.3. The number of piperidine rings is 2. The highest BCUT2D eigenvalue weighted by molar-refractivity contribution is 6.06. The Morgan fingerprint density at radius 2 is 1.72 bits per heavy atom. The normalized spacial score (nSPS) is 23.6. The predicted octanol–water partition coefficient (Wildman–Crippen LogP) is 2.98. The van der Waals surface area contributed by atoms with Crippen molar-refractivity contribution >= 4 is 23.4 Å². The lowest BCUT2D eigenvalue weighted by Crippen LogP contribution is -2.60. The van der Waals surface area contributed by atoms with Crippen molar-refractivity contribution in [3.05, 3.63) is 65.2 Å². The van der Waals surface area contributed by atoms with Crippen LogP contribution in [0.2, 0.25) is 0 Å². The highest BCUT2D eigenvalue weighted by Gasteiger charge is 2.47. The number of fused-ring (bicyclic) bond motifs is 1. The molecule has 0 aromatic heterocycles. The summed E-state index contributed by atoms with van der Waals surface area (Å²) < 4.78 is 0. The van der Waals surface area contributed by atoms with Crippen molar-refractivity contribution in [3.63, 3.8) is 0 Å². The number of nitrogens with zero attached hydrogens (tertiary/aromatic N) is 3. The molecule has 7 heteroatoms. The highest BCUT2D eigenvalue weighted by Crippen LogP contribution is 2.45. The lowest BCUT2D eigenvalue weighted by atomic mass is 9.71. The summed E-state index contributed by atoms with van der Waals surface area (Å²) in [6.45, 7) is 6.00. The van der Waals surface area contributed by atoms with Crippen molar-refractivity contribution in [2.45, 2.75) is 51.1 Å². The van der Waals surface area contributed by atoms with Crippen LogP contribution in [0.1, 0.15) is 53.6 Å². The van der Waals surface area contributed by atoms with Crippen LogP contribution in [-0.4, -0.2) is 66.3 Å². The fraction of sp³-hybridized carbons (Fsp3) is 0.483. The van der Waals surface area contributed by atoms with E-state index in [0.29, 0.717) is 23.9 Å². The second kappa shape index (κ2) is 9.36. The van der Waals surface area contributed by atoms with Crippen LogP contribution in [0.3, 0.4) is 0 Å². The Morgan fingerprint density at radius 1 is 0.944 bits per heavy atom. The summed E-state index contributed by atoms with van der Waals surface area (Å²) >= 11 is 0. The smallest absolute Gasteiger partial charge is 0.255 e. The number of hydrogen-bond donors (Lipinski definition) is 1. The Labute approximate surface area is 212 Å². The van der Waals surface area contributed by atoms with Crippen LogP contribution in [-0.2, 0) is 22.6 Å². The molecule has 7 nitrogen and oxygen atoms in total. The zero-order chi connectivity index (χ0) is 24.7. The van der Waals surface area contributed by atoms with E-state index in [0.717, 1.165) is 43.9 Å². The largest absolute Gasteiger partial charge is 0.370 e. The summed E-state index contributed by atoms with van der Waals surface area (Å²) in [6, 6.07) is 16.1. The molecule has 0 radical (unpaired) electrons. The van der Waals surface area contributed by atoms with Gasteiger partial charge in [0.15, 0.2) is 0 Å². The minimum Gasteiger partial charge on any atom is -0.370 e. The fourth-order valence-electron chi connectivity index (χ4n) is 6.52. The Balaban J connectivity index is 1.04. The van der Waals surface area contributed by atoms with Gasteiger partial charge in [-0.1, -0.05) is 36.4 Å². The third-order valence-corrected chi connectivity index (χ3v) is 8.65. The third-order valence-electron chi connectivity index (χ3n) is 8.65. The number of hydrogen-bond acceptors (Lipinski definition) is 5. The molecule has 0 bridgehead atoms. The average Bonchev–Trinajstić information content (AvgIpc) is 3.20. The van der Waals surface area contributed by atoms with Gasteiger partial charge in [-0.3, -0.25) is 19.7 Å². The first-order chi connectivity index (χ1) is 17.5. The van der Waals surface area contributed by atoms with Gasteiger partial charge in [0.1, 0.15) is 6.04 Å². The molecule has 2 aromatic rings. The van der Waals surface area contributed by atoms with Gasteiger partial charge in [0.05, 0.1) is 0 Å². The van der Waals surface area contributed by atoms with E-state index in [4.69, 9.17) is 0 Å². The fourth-order valence-corrected chi connectivity index (χ4v) is 6.52. The van der Waals surface area contributed by atoms with Crippen LogP contribution in [0.25, 0.3) is 0 Å². The monoisotopic (exact) mass is 486 g/mol. The molecule has 3 saturated heterocycles. The Morgan fingerprint density at radius 3 is 2.47 bits per heavy atom. The maximum atomic E-state index is 13.1. The number of amides is 3. The van der Waals surface area contributed by atoms with Gasteiger partial charge in [-0.05, 0) is 69.4 Å². The van der Waals surface area contributed by atoms with E-state index in [9.17, 15) is 14.4 Å². The Hall–Kier alpha value is -3.19. The second-order valence-electron chi connectivity index (χ2n) is 11.0. The molecule has 1 spiro atoms. The van der Waals surface area contributed by atoms with Gasteiger partial charge in [-0.2, -0.15) is 0 Å². The number of anilines is 1. The van der Waals surface area contributed by atoms with Gasteiger partial charge < -0.3 is 14.7 Å². The number of rotatable bonds is 6. The molecule has 1 unspecified atom stereocenters. The summed E-state index contributed by atoms with van der Waals surface area (Å²) in [5.41, 5.74) is 4.66. The van der Waals surface area contributed by atoms with E-state index in [1.165, 1.54) is 31.4 Å². The lowest BCUT2D eigenvalue weighted by molar-refractivity contribution is -0.136. The number of likely N-dealkylation sites (tertiary alicyclic amines) is 1. The number of aryl methyl sites for hydroxylation is 1. The van der Waals surface area contributed by atoms with Gasteiger partial charge in [-0.15, -0.1) is 0 Å². The molecule has 188 valence electrons. The maximum absolute atomic E-state index is 13.1. The summed E-state index contributed by atoms with van der Waals surface area (Å²) in [5.74, 6) is -0.706. The molecule has 1 atom stereocenters. The minimum atomic E-state index is -0.565. The van der Waals surface area contributed by atoms with E-state index in [1.807, 2.05) is 12.1 Å². The van der Waals surface area contributed by atoms with Crippen molar-refractivity contribution in [2.75, 3.05) is 37.6 Å². The average molecular weight is 487 g/mol. The van der Waals surface area contributed by atoms with Crippen LogP contribution in [0.5, 0.6) is 0 Å². The molecule has 2 aromatic carbocycles. The zero-order valence-corrected chi connectivity index (χ0v) is 20.7. The Bertz CT molecular complexity index is 1160. The minimum absolute atomic E-state index is 0.0969. The molecule has 4 aliphatic heterocycles. The standard InChI is InChI=1S/C29H34N4O3/c34-26-12-11-25(27(35)30-26)33-18-23-22(28(33)36)9-4-10-24(23)32-19-29(20-32)13-16-31(17-14-29)15-5-8-21-6-2-1-3-7-21/h1-4,6-7,9-10,25H,5,8,11-20H2,(H,30,34,35). The van der Waals surface area contributed by atoms with E-state index in [-0.39, 0.29) is 24.1 Å². The van der Waals surface area contributed by atoms with Crippen molar-refractivity contribution in [2.24, 2.45) is 5.41 Å². The summed E-state index contributed by atoms with van der Waals surface area (Å²) in [4.78, 5) is 43.8. The highest BCUT2D eigenvalue weighted by atomic mass is 16.2. The van der Waals surface area contributed by atoms with E-state index in [2.05, 4.69) is 51.5 Å². The molecule has 3 fully saturated rings. The van der Waals surface area contributed by atoms with Gasteiger partial charge in [0.25, 0.3) is 5.91 Å². The first kappa shape index (κ1) is 23.2. The van der Waals surface area contributed by atoms with E-state index in [1.54, 1.807) is 4.90 Å². The zero-order valence-electron chi connectivity index (χ0n) is 20.7. The predicted molar refractivity (Wildman–Crippen MR) is 138 cm³/mol. The van der Waals surface area contributed by atoms with Gasteiger partial charge in [0.2, 0.25) is 11.8 Å². The van der Waals surface area contributed by atoms with Crippen LogP contribution >= 0.6 is 0 Å². The number of imide groups is 1. The molecular weight excluding hydrogens is 452 g/mol. The van der Waals surface area contributed by atoms with Crippen molar-refractivity contribution in [3.8, 4) is 0 Å². The van der Waals surface area contributed by atoms with Crippen LogP contribution < -0.4 is 10.2 Å². The molecule has 0 saturated carbocycles. The first-order valence-electron chi connectivity index (χ1n) is 13.3. The number of carbonyl (C=O) groups excluding carboxylic acids is 3. The van der Waals surface area contributed by atoms with Crippen molar-refractivity contribution in [1.82, 2.24) is 15.1 Å². The van der Waals surface area contributed by atoms with Crippen LogP contribution in [0.15, 0.2) is 48.5 Å². The van der Waals surface area contributed by atoms with E-state index < -0.39 is 6.04 Å². The van der Waals surface area contributed by atoms with Gasteiger partial charge in [-0.25, -0.2) is 0 Å². The molecule has 1 N–H and O–H groups in total. The van der Waals surface area contributed by atoms with Crippen LogP contribution in [0.4, 0.5) is 5.69 Å². The quantitative estimate of drug-likeness (QED) is 0.636. The molecule has 0 aliphatic carbocycles. The lowest BCUT2D eigenvalue weighted by Gasteiger charge is -2.55. The number of nitrogens with one attached hydrogen (secondary N) is 1. The third kappa shape index (κ3) is 4.30. The van der Waals surface area contributed by atoms with Gasteiger partial charge >= 0.3 is 0 Å². The maximum Gasteiger partial charge on any atom is 0.255 e. The molecule has 4 aliphatic rings. The molecule has 4 heterocycles. The van der Waals surface area contributed by atoms with Crippen molar-refractivity contribution in [1.29, 1.82) is 0 Å².